The fraction of sp³-hybridized carbons (Fsp3) is 0.333. The largest absolute Gasteiger partial charge is 0.493 e. The number of carbonyl (C=O) groups excluding carboxylic acids is 2. The van der Waals surface area contributed by atoms with E-state index < -0.39 is 0 Å². The topological polar surface area (TPSA) is 76.7 Å². The summed E-state index contributed by atoms with van der Waals surface area (Å²) >= 11 is 0. The van der Waals surface area contributed by atoms with Gasteiger partial charge in [0.1, 0.15) is 0 Å². The molecule has 3 rings (SSSR count). The van der Waals surface area contributed by atoms with Gasteiger partial charge >= 0.3 is 0 Å². The van der Waals surface area contributed by atoms with Crippen LogP contribution in [0.4, 0.5) is 0 Å². The summed E-state index contributed by atoms with van der Waals surface area (Å²) in [6.07, 6.45) is 0.191. The van der Waals surface area contributed by atoms with E-state index in [-0.39, 0.29) is 30.8 Å². The lowest BCUT2D eigenvalue weighted by atomic mass is 10.1. The van der Waals surface area contributed by atoms with Gasteiger partial charge in [-0.15, -0.1) is 0 Å². The van der Waals surface area contributed by atoms with Gasteiger partial charge in [0.2, 0.25) is 5.91 Å². The van der Waals surface area contributed by atoms with Crippen LogP contribution < -0.4 is 20.1 Å². The molecule has 2 N–H and O–H groups in total. The quantitative estimate of drug-likeness (QED) is 0.463. The van der Waals surface area contributed by atoms with Crippen LogP contribution >= 0.6 is 0 Å². The minimum absolute atomic E-state index is 0.139. The number of hydrogen-bond donors (Lipinski definition) is 2. The minimum Gasteiger partial charge on any atom is -0.493 e. The molecule has 0 bridgehead atoms. The maximum absolute atomic E-state index is 12.4. The van der Waals surface area contributed by atoms with Crippen LogP contribution in [-0.4, -0.2) is 32.1 Å². The normalized spacial score (nSPS) is 11.8. The highest BCUT2D eigenvalue weighted by Gasteiger charge is 2.14. The van der Waals surface area contributed by atoms with Crippen molar-refractivity contribution in [1.82, 2.24) is 10.6 Å². The van der Waals surface area contributed by atoms with Crippen LogP contribution in [0.2, 0.25) is 0 Å². The highest BCUT2D eigenvalue weighted by atomic mass is 16.5. The smallest absolute Gasteiger partial charge is 0.251 e. The Labute approximate surface area is 195 Å². The van der Waals surface area contributed by atoms with Crippen molar-refractivity contribution in [3.8, 4) is 11.5 Å². The molecule has 0 saturated carbocycles. The Morgan fingerprint density at radius 1 is 0.909 bits per heavy atom. The fourth-order valence-electron chi connectivity index (χ4n) is 3.45. The highest BCUT2D eigenvalue weighted by molar-refractivity contribution is 5.98. The van der Waals surface area contributed by atoms with Gasteiger partial charge in [0.05, 0.1) is 19.8 Å². The summed E-state index contributed by atoms with van der Waals surface area (Å²) in [5.41, 5.74) is 1.49. The molecule has 0 aliphatic carbocycles. The van der Waals surface area contributed by atoms with Crippen molar-refractivity contribution in [2.45, 2.75) is 33.2 Å². The van der Waals surface area contributed by atoms with Crippen molar-refractivity contribution in [3.05, 3.63) is 71.8 Å². The Morgan fingerprint density at radius 2 is 1.67 bits per heavy atom. The van der Waals surface area contributed by atoms with Gasteiger partial charge in [-0.1, -0.05) is 50.2 Å². The van der Waals surface area contributed by atoms with Gasteiger partial charge in [-0.25, -0.2) is 0 Å². The molecule has 0 fully saturated rings. The average molecular weight is 449 g/mol. The molecule has 1 unspecified atom stereocenters. The van der Waals surface area contributed by atoms with Crippen LogP contribution in [-0.2, 0) is 4.79 Å². The molecule has 0 aliphatic rings. The van der Waals surface area contributed by atoms with Crippen LogP contribution in [0.25, 0.3) is 10.8 Å². The maximum atomic E-state index is 12.4. The second-order valence-corrected chi connectivity index (χ2v) is 8.47. The van der Waals surface area contributed by atoms with Gasteiger partial charge in [-0.2, -0.15) is 0 Å². The predicted octanol–water partition coefficient (Wildman–Crippen LogP) is 4.88. The van der Waals surface area contributed by atoms with E-state index in [1.54, 1.807) is 13.2 Å². The molecule has 174 valence electrons. The molecule has 0 spiro atoms. The third kappa shape index (κ3) is 6.72. The molecule has 0 saturated heterocycles. The van der Waals surface area contributed by atoms with Crippen molar-refractivity contribution in [2.24, 2.45) is 5.92 Å². The molecule has 6 heteroatoms. The predicted molar refractivity (Wildman–Crippen MR) is 131 cm³/mol. The van der Waals surface area contributed by atoms with Gasteiger partial charge in [-0.3, -0.25) is 9.59 Å². The third-order valence-corrected chi connectivity index (χ3v) is 5.29. The number of amides is 2. The summed E-state index contributed by atoms with van der Waals surface area (Å²) in [6.45, 7) is 6.95. The van der Waals surface area contributed by atoms with Crippen LogP contribution in [0, 0.1) is 5.92 Å². The van der Waals surface area contributed by atoms with Crippen LogP contribution in [0.1, 0.15) is 49.2 Å². The second kappa shape index (κ2) is 11.4. The molecular formula is C27H32N2O4. The fourth-order valence-corrected chi connectivity index (χ4v) is 3.45. The Kier molecular flexibility index (Phi) is 8.30. The zero-order chi connectivity index (χ0) is 23.8. The van der Waals surface area contributed by atoms with E-state index in [1.165, 1.54) is 0 Å². The first-order valence-corrected chi connectivity index (χ1v) is 11.2. The SMILES string of the molecule is COc1cc(C(C)NC(=O)CCNC(=O)c2ccc3ccccc3c2)ccc1OCC(C)C. The number of hydrogen-bond acceptors (Lipinski definition) is 4. The lowest BCUT2D eigenvalue weighted by Crippen LogP contribution is -2.32. The Balaban J connectivity index is 1.50. The number of methoxy groups -OCH3 is 1. The minimum atomic E-state index is -0.207. The molecule has 3 aromatic rings. The number of ether oxygens (including phenoxy) is 2. The van der Waals surface area contributed by atoms with Gasteiger partial charge < -0.3 is 20.1 Å². The van der Waals surface area contributed by atoms with E-state index in [0.29, 0.717) is 29.6 Å². The van der Waals surface area contributed by atoms with Gasteiger partial charge in [-0.05, 0) is 53.4 Å². The number of carbonyl (C=O) groups is 2. The standard InChI is InChI=1S/C27H32N2O4/c1-18(2)17-33-24-12-11-21(16-25(24)32-4)19(3)29-26(30)13-14-28-27(31)23-10-9-20-7-5-6-8-22(20)15-23/h5-12,15-16,18-19H,13-14,17H2,1-4H3,(H,28,31)(H,29,30). The van der Waals surface area contributed by atoms with E-state index in [2.05, 4.69) is 24.5 Å². The van der Waals surface area contributed by atoms with E-state index in [4.69, 9.17) is 9.47 Å². The van der Waals surface area contributed by atoms with Crippen molar-refractivity contribution in [3.63, 3.8) is 0 Å². The summed E-state index contributed by atoms with van der Waals surface area (Å²) in [6, 6.07) is 18.9. The van der Waals surface area contributed by atoms with Crippen molar-refractivity contribution < 1.29 is 19.1 Å². The van der Waals surface area contributed by atoms with Crippen molar-refractivity contribution in [1.29, 1.82) is 0 Å². The highest BCUT2D eigenvalue weighted by Crippen LogP contribution is 2.30. The summed E-state index contributed by atoms with van der Waals surface area (Å²) in [7, 11) is 1.60. The summed E-state index contributed by atoms with van der Waals surface area (Å²) in [5, 5.41) is 7.88. The van der Waals surface area contributed by atoms with E-state index >= 15 is 0 Å². The molecule has 3 aromatic carbocycles. The molecule has 33 heavy (non-hydrogen) atoms. The first kappa shape index (κ1) is 24.1. The lowest BCUT2D eigenvalue weighted by molar-refractivity contribution is -0.121. The van der Waals surface area contributed by atoms with E-state index in [0.717, 1.165) is 16.3 Å². The average Bonchev–Trinajstić information content (AvgIpc) is 2.82. The monoisotopic (exact) mass is 448 g/mol. The van der Waals surface area contributed by atoms with Gasteiger partial charge in [0, 0.05) is 18.5 Å². The zero-order valence-electron chi connectivity index (χ0n) is 19.7. The molecule has 0 aromatic heterocycles. The van der Waals surface area contributed by atoms with Crippen LogP contribution in [0.15, 0.2) is 60.7 Å². The maximum Gasteiger partial charge on any atom is 0.251 e. The van der Waals surface area contributed by atoms with Crippen molar-refractivity contribution in [2.75, 3.05) is 20.3 Å². The summed E-state index contributed by atoms with van der Waals surface area (Å²) in [4.78, 5) is 24.8. The molecule has 2 amide bonds. The number of fused-ring (bicyclic) bond motifs is 1. The lowest BCUT2D eigenvalue weighted by Gasteiger charge is -2.18. The van der Waals surface area contributed by atoms with Crippen molar-refractivity contribution >= 4 is 22.6 Å². The second-order valence-electron chi connectivity index (χ2n) is 8.47. The van der Waals surface area contributed by atoms with Crippen LogP contribution in [0.3, 0.4) is 0 Å². The molecule has 1 atom stereocenters. The van der Waals surface area contributed by atoms with E-state index in [1.807, 2.05) is 61.5 Å². The third-order valence-electron chi connectivity index (χ3n) is 5.29. The first-order chi connectivity index (χ1) is 15.9. The zero-order valence-corrected chi connectivity index (χ0v) is 19.7. The van der Waals surface area contributed by atoms with Crippen LogP contribution in [0.5, 0.6) is 11.5 Å². The summed E-state index contributed by atoms with van der Waals surface area (Å²) < 4.78 is 11.2. The Bertz CT molecular complexity index is 1110. The molecule has 0 radical (unpaired) electrons. The molecule has 6 nitrogen and oxygen atoms in total. The number of nitrogens with one attached hydrogen (secondary N) is 2. The van der Waals surface area contributed by atoms with E-state index in [9.17, 15) is 9.59 Å². The van der Waals surface area contributed by atoms with Gasteiger partial charge in [0.25, 0.3) is 5.91 Å². The van der Waals surface area contributed by atoms with Gasteiger partial charge in [0.15, 0.2) is 11.5 Å². The Hall–Kier alpha value is -3.54. The first-order valence-electron chi connectivity index (χ1n) is 11.2. The number of benzene rings is 3. The molecule has 0 aliphatic heterocycles. The number of rotatable bonds is 10. The Morgan fingerprint density at radius 3 is 2.39 bits per heavy atom. The summed E-state index contributed by atoms with van der Waals surface area (Å²) in [5.74, 6) is 1.40. The molecule has 0 heterocycles. The molecular weight excluding hydrogens is 416 g/mol.